The first kappa shape index (κ1) is 16.6. The molecule has 3 aromatic rings. The summed E-state index contributed by atoms with van der Waals surface area (Å²) < 4.78 is 5.59. The number of benzene rings is 2. The van der Waals surface area contributed by atoms with Crippen LogP contribution >= 0.6 is 0 Å². The van der Waals surface area contributed by atoms with Crippen LogP contribution in [-0.2, 0) is 5.41 Å². The van der Waals surface area contributed by atoms with Crippen LogP contribution in [0.4, 0.5) is 0 Å². The van der Waals surface area contributed by atoms with E-state index >= 15 is 0 Å². The number of aromatic nitrogens is 2. The third kappa shape index (κ3) is 2.83. The van der Waals surface area contributed by atoms with E-state index in [1.807, 2.05) is 42.5 Å². The lowest BCUT2D eigenvalue weighted by Crippen LogP contribution is -2.39. The van der Waals surface area contributed by atoms with Crippen molar-refractivity contribution in [3.63, 3.8) is 0 Å². The van der Waals surface area contributed by atoms with Crippen LogP contribution in [0.25, 0.3) is 10.9 Å². The number of nitrogens with zero attached hydrogens (tertiary/aromatic N) is 1. The van der Waals surface area contributed by atoms with Crippen molar-refractivity contribution in [3.8, 4) is 5.75 Å². The summed E-state index contributed by atoms with van der Waals surface area (Å²) in [6.45, 7) is 0.591. The number of para-hydroxylation sites is 2. The van der Waals surface area contributed by atoms with Gasteiger partial charge in [-0.1, -0.05) is 49.2 Å². The number of carbonyl (C=O) groups is 1. The van der Waals surface area contributed by atoms with Crippen LogP contribution in [0, 0.1) is 0 Å². The van der Waals surface area contributed by atoms with E-state index in [-0.39, 0.29) is 11.3 Å². The Balaban J connectivity index is 1.59. The molecule has 2 N–H and O–H groups in total. The van der Waals surface area contributed by atoms with Crippen LogP contribution in [0.2, 0.25) is 0 Å². The van der Waals surface area contributed by atoms with E-state index in [4.69, 9.17) is 4.74 Å². The van der Waals surface area contributed by atoms with Crippen LogP contribution in [0.5, 0.6) is 5.75 Å². The molecule has 0 spiro atoms. The van der Waals surface area contributed by atoms with Crippen molar-refractivity contribution in [1.82, 2.24) is 15.5 Å². The Morgan fingerprint density at radius 2 is 1.88 bits per heavy atom. The molecule has 1 aromatic heterocycles. The number of aromatic amines is 1. The van der Waals surface area contributed by atoms with Gasteiger partial charge in [0.05, 0.1) is 12.6 Å². The fraction of sp³-hybridized carbons (Fsp3) is 0.333. The number of H-pyrrole nitrogens is 1. The first-order valence-corrected chi connectivity index (χ1v) is 9.08. The van der Waals surface area contributed by atoms with E-state index in [2.05, 4.69) is 21.6 Å². The molecule has 134 valence electrons. The van der Waals surface area contributed by atoms with Gasteiger partial charge < -0.3 is 10.1 Å². The standard InChI is InChI=1S/C21H23N3O2/c1-26-18-11-5-3-9-16(18)21(12-6-7-13-21)14-22-20(25)19-15-8-2-4-10-17(15)23-24-19/h2-5,8-11H,6-7,12-14H2,1H3,(H,22,25)(H,23,24). The zero-order valence-corrected chi connectivity index (χ0v) is 14.9. The summed E-state index contributed by atoms with van der Waals surface area (Å²) in [5.74, 6) is 0.762. The predicted octanol–water partition coefficient (Wildman–Crippen LogP) is 3.81. The molecule has 26 heavy (non-hydrogen) atoms. The van der Waals surface area contributed by atoms with E-state index in [0.29, 0.717) is 12.2 Å². The van der Waals surface area contributed by atoms with E-state index in [1.54, 1.807) is 7.11 Å². The van der Waals surface area contributed by atoms with Crippen molar-refractivity contribution in [2.75, 3.05) is 13.7 Å². The summed E-state index contributed by atoms with van der Waals surface area (Å²) >= 11 is 0. The number of nitrogens with one attached hydrogen (secondary N) is 2. The Kier molecular flexibility index (Phi) is 4.37. The topological polar surface area (TPSA) is 67.0 Å². The van der Waals surface area contributed by atoms with Gasteiger partial charge in [-0.15, -0.1) is 0 Å². The Bertz CT molecular complexity index is 926. The molecule has 2 aromatic carbocycles. The van der Waals surface area contributed by atoms with E-state index in [9.17, 15) is 4.79 Å². The molecule has 1 heterocycles. The molecule has 5 nitrogen and oxygen atoms in total. The number of rotatable bonds is 5. The van der Waals surface area contributed by atoms with Gasteiger partial charge in [0, 0.05) is 22.9 Å². The second-order valence-electron chi connectivity index (χ2n) is 6.99. The number of carbonyl (C=O) groups excluding carboxylic acids is 1. The lowest BCUT2D eigenvalue weighted by Gasteiger charge is -2.31. The monoisotopic (exact) mass is 349 g/mol. The van der Waals surface area contributed by atoms with E-state index < -0.39 is 0 Å². The zero-order chi connectivity index (χ0) is 18.0. The first-order chi connectivity index (χ1) is 12.7. The van der Waals surface area contributed by atoms with Crippen molar-refractivity contribution in [2.45, 2.75) is 31.1 Å². The maximum absolute atomic E-state index is 12.8. The summed E-state index contributed by atoms with van der Waals surface area (Å²) in [6.07, 6.45) is 4.43. The summed E-state index contributed by atoms with van der Waals surface area (Å²) in [7, 11) is 1.70. The van der Waals surface area contributed by atoms with Crippen LogP contribution in [0.3, 0.4) is 0 Å². The molecule has 5 heteroatoms. The minimum Gasteiger partial charge on any atom is -0.496 e. The number of hydrogen-bond acceptors (Lipinski definition) is 3. The fourth-order valence-corrected chi connectivity index (χ4v) is 4.15. The van der Waals surface area contributed by atoms with Gasteiger partial charge in [0.25, 0.3) is 5.91 Å². The number of methoxy groups -OCH3 is 1. The van der Waals surface area contributed by atoms with Crippen molar-refractivity contribution in [1.29, 1.82) is 0 Å². The van der Waals surface area contributed by atoms with Crippen molar-refractivity contribution in [2.24, 2.45) is 0 Å². The number of hydrogen-bond donors (Lipinski definition) is 2. The highest BCUT2D eigenvalue weighted by atomic mass is 16.5. The molecule has 1 saturated carbocycles. The molecule has 0 aliphatic heterocycles. The average molecular weight is 349 g/mol. The molecule has 0 radical (unpaired) electrons. The molecule has 0 atom stereocenters. The molecule has 1 aliphatic carbocycles. The molecular formula is C21H23N3O2. The third-order valence-corrected chi connectivity index (χ3v) is 5.51. The highest BCUT2D eigenvalue weighted by Crippen LogP contribution is 2.44. The SMILES string of the molecule is COc1ccccc1C1(CNC(=O)c2n[nH]c3ccccc23)CCCC1. The lowest BCUT2D eigenvalue weighted by atomic mass is 9.78. The Morgan fingerprint density at radius 1 is 1.15 bits per heavy atom. The normalized spacial score (nSPS) is 15.9. The average Bonchev–Trinajstić information content (AvgIpc) is 3.34. The highest BCUT2D eigenvalue weighted by Gasteiger charge is 2.38. The summed E-state index contributed by atoms with van der Waals surface area (Å²) in [4.78, 5) is 12.8. The fourth-order valence-electron chi connectivity index (χ4n) is 4.15. The summed E-state index contributed by atoms with van der Waals surface area (Å²) in [5.41, 5.74) is 2.44. The van der Waals surface area contributed by atoms with Crippen molar-refractivity contribution >= 4 is 16.8 Å². The molecule has 0 bridgehead atoms. The summed E-state index contributed by atoms with van der Waals surface area (Å²) in [6, 6.07) is 15.8. The molecule has 0 unspecified atom stereocenters. The molecule has 4 rings (SSSR count). The summed E-state index contributed by atoms with van der Waals surface area (Å²) in [5, 5.41) is 11.1. The lowest BCUT2D eigenvalue weighted by molar-refractivity contribution is 0.0939. The number of ether oxygens (including phenoxy) is 1. The molecule has 1 amide bonds. The quantitative estimate of drug-likeness (QED) is 0.736. The van der Waals surface area contributed by atoms with Crippen LogP contribution in [-0.4, -0.2) is 29.8 Å². The van der Waals surface area contributed by atoms with Gasteiger partial charge in [0.15, 0.2) is 5.69 Å². The first-order valence-electron chi connectivity index (χ1n) is 9.08. The van der Waals surface area contributed by atoms with Gasteiger partial charge in [-0.25, -0.2) is 0 Å². The van der Waals surface area contributed by atoms with Gasteiger partial charge in [0.1, 0.15) is 5.75 Å². The molecule has 1 aliphatic rings. The Morgan fingerprint density at radius 3 is 2.69 bits per heavy atom. The second-order valence-corrected chi connectivity index (χ2v) is 6.99. The molecule has 0 saturated heterocycles. The maximum atomic E-state index is 12.8. The second kappa shape index (κ2) is 6.83. The van der Waals surface area contributed by atoms with Gasteiger partial charge in [0.2, 0.25) is 0 Å². The minimum absolute atomic E-state index is 0.0750. The van der Waals surface area contributed by atoms with Crippen molar-refractivity contribution < 1.29 is 9.53 Å². The largest absolute Gasteiger partial charge is 0.496 e. The molecular weight excluding hydrogens is 326 g/mol. The van der Waals surface area contributed by atoms with Gasteiger partial charge in [-0.05, 0) is 25.0 Å². The van der Waals surface area contributed by atoms with Crippen LogP contribution < -0.4 is 10.1 Å². The predicted molar refractivity (Wildman–Crippen MR) is 102 cm³/mol. The number of amides is 1. The van der Waals surface area contributed by atoms with Crippen LogP contribution in [0.1, 0.15) is 41.7 Å². The van der Waals surface area contributed by atoms with E-state index in [0.717, 1.165) is 29.5 Å². The van der Waals surface area contributed by atoms with Crippen LogP contribution in [0.15, 0.2) is 48.5 Å². The van der Waals surface area contributed by atoms with Gasteiger partial charge >= 0.3 is 0 Å². The van der Waals surface area contributed by atoms with Gasteiger partial charge in [-0.2, -0.15) is 5.10 Å². The Hall–Kier alpha value is -2.82. The zero-order valence-electron chi connectivity index (χ0n) is 14.9. The van der Waals surface area contributed by atoms with E-state index in [1.165, 1.54) is 18.4 Å². The Labute approximate surface area is 152 Å². The van der Waals surface area contributed by atoms with Gasteiger partial charge in [-0.3, -0.25) is 9.89 Å². The van der Waals surface area contributed by atoms with Crippen molar-refractivity contribution in [3.05, 3.63) is 59.8 Å². The maximum Gasteiger partial charge on any atom is 0.272 e. The molecule has 1 fully saturated rings. The smallest absolute Gasteiger partial charge is 0.272 e. The highest BCUT2D eigenvalue weighted by molar-refractivity contribution is 6.04. The third-order valence-electron chi connectivity index (χ3n) is 5.51. The minimum atomic E-state index is -0.136. The number of fused-ring (bicyclic) bond motifs is 1.